The first-order chi connectivity index (χ1) is 9.88. The summed E-state index contributed by atoms with van der Waals surface area (Å²) >= 11 is 0. The molecule has 0 aromatic carbocycles. The second-order valence-corrected chi connectivity index (χ2v) is 5.46. The molecule has 0 radical (unpaired) electrons. The van der Waals surface area contributed by atoms with Crippen molar-refractivity contribution < 1.29 is 34.0 Å². The van der Waals surface area contributed by atoms with Gasteiger partial charge in [-0.2, -0.15) is 0 Å². The Labute approximate surface area is 128 Å². The second kappa shape index (κ2) is 9.14. The molecule has 7 nitrogen and oxygen atoms in total. The highest BCUT2D eigenvalue weighted by Gasteiger charge is 2.65. The van der Waals surface area contributed by atoms with Crippen LogP contribution in [0.15, 0.2) is 0 Å². The van der Waals surface area contributed by atoms with Crippen LogP contribution in [0.1, 0.15) is 33.6 Å². The Morgan fingerprint density at radius 1 is 0.952 bits per heavy atom. The minimum absolute atomic E-state index is 0.00468. The fourth-order valence-corrected chi connectivity index (χ4v) is 2.64. The van der Waals surface area contributed by atoms with Crippen LogP contribution >= 0.6 is 0 Å². The zero-order valence-corrected chi connectivity index (χ0v) is 15.2. The van der Waals surface area contributed by atoms with Crippen LogP contribution in [0, 0.1) is 0 Å². The number of rotatable bonds is 12. The van der Waals surface area contributed by atoms with Gasteiger partial charge in [0.15, 0.2) is 0 Å². The fraction of sp³-hybridized carbons (Fsp3) is 0.846. The average Bonchev–Trinajstić information content (AvgIpc) is 2.42. The summed E-state index contributed by atoms with van der Waals surface area (Å²) in [5.41, 5.74) is -2.07. The summed E-state index contributed by atoms with van der Waals surface area (Å²) in [6, 6.07) is 0.829. The number of carboxylic acid groups (broad SMARTS) is 2. The summed E-state index contributed by atoms with van der Waals surface area (Å²) in [6.45, 7) is 4.82. The van der Waals surface area contributed by atoms with Gasteiger partial charge in [-0.05, 0) is 27.2 Å². The summed E-state index contributed by atoms with van der Waals surface area (Å²) in [7, 11) is 0.893. The van der Waals surface area contributed by atoms with Crippen molar-refractivity contribution in [3.63, 3.8) is 0 Å². The molecule has 0 aliphatic heterocycles. The van der Waals surface area contributed by atoms with Crippen LogP contribution in [0.25, 0.3) is 0 Å². The molecule has 0 bridgehead atoms. The third kappa shape index (κ3) is 4.03. The normalized spacial score (nSPS) is 14.8. The molecule has 0 heterocycles. The van der Waals surface area contributed by atoms with Gasteiger partial charge in [0.2, 0.25) is 5.60 Å². The second-order valence-electron chi connectivity index (χ2n) is 4.46. The number of carboxylic acids is 2. The standard InChI is InChI=1S/C13H26O7Si/c1-4-18-12(10(14)15,8-7-9-21)13(11(16)17,19-5-2)20-6-3/h4-9H2,1-3,21H3,(H,14,15)(H,16,17). The van der Waals surface area contributed by atoms with E-state index in [2.05, 4.69) is 0 Å². The summed E-state index contributed by atoms with van der Waals surface area (Å²) in [5, 5.41) is 19.3. The lowest BCUT2D eigenvalue weighted by Gasteiger charge is -2.43. The van der Waals surface area contributed by atoms with Crippen LogP contribution < -0.4 is 0 Å². The van der Waals surface area contributed by atoms with Crippen molar-refractivity contribution in [3.05, 3.63) is 0 Å². The van der Waals surface area contributed by atoms with Crippen LogP contribution in [0.3, 0.4) is 0 Å². The molecule has 0 saturated carbocycles. The number of carbonyl (C=O) groups is 2. The predicted molar refractivity (Wildman–Crippen MR) is 79.6 cm³/mol. The van der Waals surface area contributed by atoms with Gasteiger partial charge in [0.05, 0.1) is 0 Å². The van der Waals surface area contributed by atoms with E-state index >= 15 is 0 Å². The van der Waals surface area contributed by atoms with E-state index in [1.165, 1.54) is 0 Å². The number of ether oxygens (including phenoxy) is 3. The summed E-state index contributed by atoms with van der Waals surface area (Å²) in [5.74, 6) is -5.23. The van der Waals surface area contributed by atoms with E-state index in [1.807, 2.05) is 0 Å². The average molecular weight is 322 g/mol. The Morgan fingerprint density at radius 2 is 1.43 bits per heavy atom. The zero-order chi connectivity index (χ0) is 16.5. The topological polar surface area (TPSA) is 102 Å². The third-order valence-electron chi connectivity index (χ3n) is 3.13. The Morgan fingerprint density at radius 3 is 1.71 bits per heavy atom. The van der Waals surface area contributed by atoms with Crippen LogP contribution in [0.2, 0.25) is 6.04 Å². The predicted octanol–water partition coefficient (Wildman–Crippen LogP) is 0.264. The molecule has 0 fully saturated rings. The molecule has 21 heavy (non-hydrogen) atoms. The molecule has 2 N–H and O–H groups in total. The van der Waals surface area contributed by atoms with Gasteiger partial charge in [0.25, 0.3) is 0 Å². The molecule has 0 spiro atoms. The highest BCUT2D eigenvalue weighted by Crippen LogP contribution is 2.37. The van der Waals surface area contributed by atoms with Crippen LogP contribution in [-0.2, 0) is 23.8 Å². The van der Waals surface area contributed by atoms with E-state index in [0.717, 1.165) is 16.3 Å². The van der Waals surface area contributed by atoms with E-state index in [-0.39, 0.29) is 26.2 Å². The molecular weight excluding hydrogens is 296 g/mol. The van der Waals surface area contributed by atoms with Crippen molar-refractivity contribution in [2.24, 2.45) is 0 Å². The first-order valence-electron chi connectivity index (χ1n) is 7.27. The number of hydrogen-bond acceptors (Lipinski definition) is 5. The molecule has 0 aromatic rings. The Balaban J connectivity index is 6.05. The molecule has 1 atom stereocenters. The molecule has 1 unspecified atom stereocenters. The first-order valence-corrected chi connectivity index (χ1v) is 8.68. The smallest absolute Gasteiger partial charge is 0.368 e. The van der Waals surface area contributed by atoms with E-state index in [1.54, 1.807) is 20.8 Å². The molecule has 0 aliphatic rings. The Hall–Kier alpha value is -0.963. The minimum Gasteiger partial charge on any atom is -0.479 e. The molecule has 0 amide bonds. The van der Waals surface area contributed by atoms with Crippen molar-refractivity contribution in [3.8, 4) is 0 Å². The molecule has 124 valence electrons. The highest BCUT2D eigenvalue weighted by atomic mass is 28.1. The summed E-state index contributed by atoms with van der Waals surface area (Å²) in [4.78, 5) is 23.7. The van der Waals surface area contributed by atoms with Crippen LogP contribution in [0.5, 0.6) is 0 Å². The molecule has 0 aliphatic carbocycles. The van der Waals surface area contributed by atoms with Gasteiger partial charge in [0, 0.05) is 30.1 Å². The van der Waals surface area contributed by atoms with E-state index in [0.29, 0.717) is 6.42 Å². The lowest BCUT2D eigenvalue weighted by Crippen LogP contribution is -2.68. The monoisotopic (exact) mass is 322 g/mol. The minimum atomic E-state index is -2.35. The third-order valence-corrected chi connectivity index (χ3v) is 3.83. The van der Waals surface area contributed by atoms with Crippen molar-refractivity contribution >= 4 is 22.2 Å². The molecule has 0 saturated heterocycles. The Kier molecular flexibility index (Phi) is 8.72. The van der Waals surface area contributed by atoms with E-state index < -0.39 is 23.3 Å². The first kappa shape index (κ1) is 20.0. The molecule has 0 rings (SSSR count). The molecule has 8 heteroatoms. The maximum absolute atomic E-state index is 11.9. The van der Waals surface area contributed by atoms with Crippen molar-refractivity contribution in [2.45, 2.75) is 51.0 Å². The maximum atomic E-state index is 11.9. The van der Waals surface area contributed by atoms with Gasteiger partial charge in [-0.25, -0.2) is 9.59 Å². The van der Waals surface area contributed by atoms with E-state index in [9.17, 15) is 19.8 Å². The quantitative estimate of drug-likeness (QED) is 0.392. The van der Waals surface area contributed by atoms with Crippen molar-refractivity contribution in [1.82, 2.24) is 0 Å². The highest BCUT2D eigenvalue weighted by molar-refractivity contribution is 6.08. The Bertz CT molecular complexity index is 341. The van der Waals surface area contributed by atoms with Gasteiger partial charge in [0.1, 0.15) is 0 Å². The SMILES string of the molecule is CCOC(CCC[SiH3])(C(=O)O)C(OCC)(OCC)C(=O)O. The lowest BCUT2D eigenvalue weighted by molar-refractivity contribution is -0.315. The van der Waals surface area contributed by atoms with Gasteiger partial charge in [-0.15, -0.1) is 0 Å². The number of hydrogen-bond donors (Lipinski definition) is 2. The lowest BCUT2D eigenvalue weighted by atomic mass is 9.87. The van der Waals surface area contributed by atoms with Crippen LogP contribution in [-0.4, -0.2) is 63.6 Å². The summed E-state index contributed by atoms with van der Waals surface area (Å²) in [6.07, 6.45) is 0.555. The van der Waals surface area contributed by atoms with Crippen LogP contribution in [0.4, 0.5) is 0 Å². The molecule has 0 aromatic heterocycles. The van der Waals surface area contributed by atoms with E-state index in [4.69, 9.17) is 14.2 Å². The number of aliphatic carboxylic acids is 2. The van der Waals surface area contributed by atoms with Gasteiger partial charge >= 0.3 is 17.7 Å². The summed E-state index contributed by atoms with van der Waals surface area (Å²) < 4.78 is 16.0. The van der Waals surface area contributed by atoms with Crippen molar-refractivity contribution in [1.29, 1.82) is 0 Å². The largest absolute Gasteiger partial charge is 0.479 e. The van der Waals surface area contributed by atoms with Gasteiger partial charge in [-0.3, -0.25) is 0 Å². The molecular formula is C13H26O7Si. The van der Waals surface area contributed by atoms with Gasteiger partial charge in [-0.1, -0.05) is 12.5 Å². The van der Waals surface area contributed by atoms with Gasteiger partial charge < -0.3 is 24.4 Å². The van der Waals surface area contributed by atoms with Crippen molar-refractivity contribution in [2.75, 3.05) is 19.8 Å². The zero-order valence-electron chi connectivity index (χ0n) is 13.2. The fourth-order valence-electron chi connectivity index (χ4n) is 2.29. The maximum Gasteiger partial charge on any atom is 0.368 e.